The standard InChI is InChI=1S/C33H42N2/c1-7-13-24-25-14-9-10-15-26(25)31(20(3)21(4)34)27(24)18-22-19-29-32(23(22)8-2)35-30-17-12-11-16-28(30)33(29,5)6/h9-10,13-15,18-19,21,23,35H,7-8,11-12,16-17,34H2,1-6H3/b24-13+,27-18+,31-20+. The van der Waals surface area contributed by atoms with Gasteiger partial charge in [0.05, 0.1) is 0 Å². The van der Waals surface area contributed by atoms with Crippen molar-refractivity contribution in [2.75, 3.05) is 0 Å². The third-order valence-corrected chi connectivity index (χ3v) is 8.78. The second-order valence-corrected chi connectivity index (χ2v) is 11.3. The lowest BCUT2D eigenvalue weighted by Crippen LogP contribution is -2.34. The number of fused-ring (bicyclic) bond motifs is 1. The molecule has 0 spiro atoms. The van der Waals surface area contributed by atoms with Crippen LogP contribution in [0.2, 0.25) is 0 Å². The maximum atomic E-state index is 6.47. The van der Waals surface area contributed by atoms with E-state index in [1.165, 1.54) is 81.6 Å². The van der Waals surface area contributed by atoms with Crippen molar-refractivity contribution in [3.63, 3.8) is 0 Å². The van der Waals surface area contributed by atoms with Crippen molar-refractivity contribution in [2.24, 2.45) is 17.1 Å². The SMILES string of the molecule is CC/C=C1C(=C\C2=CC3=C(NC4=C(CCCC4)C3(C)C)C2CC)/C(=C(\C)C(C)N)c2ccccc2/1. The molecule has 0 saturated heterocycles. The van der Waals surface area contributed by atoms with Crippen LogP contribution in [0.5, 0.6) is 0 Å². The topological polar surface area (TPSA) is 38.0 Å². The molecule has 3 aliphatic carbocycles. The highest BCUT2D eigenvalue weighted by atomic mass is 14.9. The van der Waals surface area contributed by atoms with E-state index in [9.17, 15) is 0 Å². The third kappa shape index (κ3) is 3.82. The van der Waals surface area contributed by atoms with Crippen LogP contribution in [0.1, 0.15) is 91.2 Å². The number of allylic oxidation sites excluding steroid dienone is 10. The summed E-state index contributed by atoms with van der Waals surface area (Å²) in [6, 6.07) is 8.89. The van der Waals surface area contributed by atoms with Gasteiger partial charge in [0.25, 0.3) is 0 Å². The molecule has 35 heavy (non-hydrogen) atoms. The average Bonchev–Trinajstić information content (AvgIpc) is 3.35. The Balaban J connectivity index is 1.66. The summed E-state index contributed by atoms with van der Waals surface area (Å²) in [5.74, 6) is 0.413. The van der Waals surface area contributed by atoms with Gasteiger partial charge in [-0.15, -0.1) is 0 Å². The maximum Gasteiger partial charge on any atom is 0.0266 e. The summed E-state index contributed by atoms with van der Waals surface area (Å²) in [6.45, 7) is 13.8. The Kier molecular flexibility index (Phi) is 6.30. The number of dihydropyridines is 1. The number of nitrogens with one attached hydrogen (secondary N) is 1. The molecule has 3 N–H and O–H groups in total. The fraction of sp³-hybridized carbons (Fsp3) is 0.455. The van der Waals surface area contributed by atoms with Crippen molar-refractivity contribution in [1.29, 1.82) is 0 Å². The largest absolute Gasteiger partial charge is 0.362 e. The lowest BCUT2D eigenvalue weighted by Gasteiger charge is -2.40. The molecule has 1 heterocycles. The molecule has 0 amide bonds. The molecule has 2 unspecified atom stereocenters. The zero-order chi connectivity index (χ0) is 24.9. The molecule has 0 radical (unpaired) electrons. The van der Waals surface area contributed by atoms with Crippen LogP contribution in [-0.2, 0) is 0 Å². The van der Waals surface area contributed by atoms with Crippen LogP contribution in [0.4, 0.5) is 0 Å². The van der Waals surface area contributed by atoms with Crippen molar-refractivity contribution in [1.82, 2.24) is 5.32 Å². The summed E-state index contributed by atoms with van der Waals surface area (Å²) in [4.78, 5) is 0. The van der Waals surface area contributed by atoms with Crippen molar-refractivity contribution in [3.05, 3.63) is 92.9 Å². The van der Waals surface area contributed by atoms with Crippen molar-refractivity contribution in [3.8, 4) is 0 Å². The van der Waals surface area contributed by atoms with Crippen molar-refractivity contribution >= 4 is 11.1 Å². The summed E-state index contributed by atoms with van der Waals surface area (Å²) in [6.07, 6.45) is 14.6. The average molecular weight is 467 g/mol. The number of hydrogen-bond donors (Lipinski definition) is 2. The van der Waals surface area contributed by atoms with Crippen LogP contribution in [-0.4, -0.2) is 6.04 Å². The van der Waals surface area contributed by atoms with E-state index in [1.54, 1.807) is 5.57 Å². The molecule has 0 bridgehead atoms. The van der Waals surface area contributed by atoms with Crippen LogP contribution in [0.3, 0.4) is 0 Å². The summed E-state index contributed by atoms with van der Waals surface area (Å²) in [5.41, 5.74) is 22.1. The molecule has 0 saturated carbocycles. The maximum absolute atomic E-state index is 6.47. The van der Waals surface area contributed by atoms with Gasteiger partial charge in [-0.25, -0.2) is 0 Å². The number of hydrogen-bond acceptors (Lipinski definition) is 2. The van der Waals surface area contributed by atoms with Gasteiger partial charge in [0.15, 0.2) is 0 Å². The summed E-state index contributed by atoms with van der Waals surface area (Å²) < 4.78 is 0. The predicted octanol–water partition coefficient (Wildman–Crippen LogP) is 8.22. The fourth-order valence-electron chi connectivity index (χ4n) is 6.77. The van der Waals surface area contributed by atoms with E-state index in [2.05, 4.69) is 89.4 Å². The van der Waals surface area contributed by atoms with Gasteiger partial charge in [0.2, 0.25) is 0 Å². The van der Waals surface area contributed by atoms with Crippen LogP contribution in [0.15, 0.2) is 81.8 Å². The molecule has 4 aliphatic rings. The van der Waals surface area contributed by atoms with Crippen LogP contribution in [0, 0.1) is 11.3 Å². The second-order valence-electron chi connectivity index (χ2n) is 11.3. The highest BCUT2D eigenvalue weighted by Crippen LogP contribution is 2.53. The molecule has 0 aromatic heterocycles. The lowest BCUT2D eigenvalue weighted by molar-refractivity contribution is 0.443. The van der Waals surface area contributed by atoms with Crippen LogP contribution in [0.25, 0.3) is 11.1 Å². The van der Waals surface area contributed by atoms with Gasteiger partial charge in [-0.1, -0.05) is 64.1 Å². The van der Waals surface area contributed by atoms with Gasteiger partial charge >= 0.3 is 0 Å². The van der Waals surface area contributed by atoms with Gasteiger partial charge in [0.1, 0.15) is 0 Å². The van der Waals surface area contributed by atoms with Gasteiger partial charge in [0, 0.05) is 28.8 Å². The Labute approximate surface area is 212 Å². The predicted molar refractivity (Wildman–Crippen MR) is 150 cm³/mol. The number of rotatable bonds is 4. The molecular weight excluding hydrogens is 424 g/mol. The summed E-state index contributed by atoms with van der Waals surface area (Å²) in [5, 5.41) is 3.97. The number of benzene rings is 1. The van der Waals surface area contributed by atoms with E-state index in [-0.39, 0.29) is 11.5 Å². The fourth-order valence-corrected chi connectivity index (χ4v) is 6.77. The molecule has 2 atom stereocenters. The third-order valence-electron chi connectivity index (χ3n) is 8.78. The van der Waals surface area contributed by atoms with E-state index < -0.39 is 0 Å². The van der Waals surface area contributed by atoms with E-state index >= 15 is 0 Å². The van der Waals surface area contributed by atoms with Crippen LogP contribution < -0.4 is 11.1 Å². The Morgan fingerprint density at radius 2 is 1.83 bits per heavy atom. The molecule has 2 heteroatoms. The van der Waals surface area contributed by atoms with Gasteiger partial charge in [-0.2, -0.15) is 0 Å². The summed E-state index contributed by atoms with van der Waals surface area (Å²) >= 11 is 0. The molecular formula is C33H42N2. The van der Waals surface area contributed by atoms with Gasteiger partial charge in [-0.05, 0) is 109 Å². The molecule has 2 nitrogen and oxygen atoms in total. The first-order valence-electron chi connectivity index (χ1n) is 13.7. The second kappa shape index (κ2) is 9.13. The van der Waals surface area contributed by atoms with Crippen LogP contribution >= 0.6 is 0 Å². The van der Waals surface area contributed by atoms with Gasteiger partial charge in [-0.3, -0.25) is 0 Å². The molecule has 1 aromatic rings. The first kappa shape index (κ1) is 24.1. The Morgan fingerprint density at radius 3 is 2.51 bits per heavy atom. The molecule has 5 rings (SSSR count). The molecule has 1 aliphatic heterocycles. The van der Waals surface area contributed by atoms with Crippen molar-refractivity contribution < 1.29 is 0 Å². The molecule has 184 valence electrons. The lowest BCUT2D eigenvalue weighted by atomic mass is 9.70. The Bertz CT molecular complexity index is 1240. The van der Waals surface area contributed by atoms with E-state index in [1.807, 2.05) is 0 Å². The minimum atomic E-state index is 0.0183. The van der Waals surface area contributed by atoms with Gasteiger partial charge < -0.3 is 11.1 Å². The smallest absolute Gasteiger partial charge is 0.0266 e. The number of nitrogens with two attached hydrogens (primary N) is 1. The quantitative estimate of drug-likeness (QED) is 0.469. The normalized spacial score (nSPS) is 27.5. The first-order valence-corrected chi connectivity index (χ1v) is 13.7. The van der Waals surface area contributed by atoms with E-state index in [4.69, 9.17) is 5.73 Å². The highest BCUT2D eigenvalue weighted by molar-refractivity contribution is 6.09. The minimum Gasteiger partial charge on any atom is -0.362 e. The molecule has 1 aromatic carbocycles. The zero-order valence-electron chi connectivity index (χ0n) is 22.5. The monoisotopic (exact) mass is 466 g/mol. The summed E-state index contributed by atoms with van der Waals surface area (Å²) in [7, 11) is 0. The molecule has 0 fully saturated rings. The van der Waals surface area contributed by atoms with E-state index in [0.717, 1.165) is 12.8 Å². The minimum absolute atomic E-state index is 0.0183. The first-order chi connectivity index (χ1) is 16.8. The zero-order valence-corrected chi connectivity index (χ0v) is 22.5. The highest BCUT2D eigenvalue weighted by Gasteiger charge is 2.42. The van der Waals surface area contributed by atoms with Crippen molar-refractivity contribution in [2.45, 2.75) is 86.1 Å². The Morgan fingerprint density at radius 1 is 1.11 bits per heavy atom. The van der Waals surface area contributed by atoms with E-state index in [0.29, 0.717) is 5.92 Å². The Hall–Kier alpha value is -2.58.